The van der Waals surface area contributed by atoms with Crippen LogP contribution in [0.5, 0.6) is 5.75 Å². The van der Waals surface area contributed by atoms with E-state index in [1.807, 2.05) is 18.2 Å². The zero-order valence-electron chi connectivity index (χ0n) is 10.4. The van der Waals surface area contributed by atoms with Crippen molar-refractivity contribution in [1.82, 2.24) is 0 Å². The van der Waals surface area contributed by atoms with Gasteiger partial charge in [-0.3, -0.25) is 0 Å². The molecule has 3 nitrogen and oxygen atoms in total. The van der Waals surface area contributed by atoms with Gasteiger partial charge >= 0.3 is 0 Å². The molecule has 17 heavy (non-hydrogen) atoms. The lowest BCUT2D eigenvalue weighted by Gasteiger charge is -2.14. The van der Waals surface area contributed by atoms with E-state index in [0.717, 1.165) is 50.6 Å². The average Bonchev–Trinajstić information content (AvgIpc) is 2.88. The van der Waals surface area contributed by atoms with Crippen molar-refractivity contribution >= 4 is 5.69 Å². The summed E-state index contributed by atoms with van der Waals surface area (Å²) in [6.45, 7) is 5.63. The van der Waals surface area contributed by atoms with E-state index >= 15 is 0 Å². The summed E-state index contributed by atoms with van der Waals surface area (Å²) in [5, 5.41) is 3.46. The second-order valence-corrected chi connectivity index (χ2v) is 4.46. The Morgan fingerprint density at radius 2 is 2.29 bits per heavy atom. The van der Waals surface area contributed by atoms with Crippen molar-refractivity contribution in [3.05, 3.63) is 24.3 Å². The lowest BCUT2D eigenvalue weighted by Crippen LogP contribution is -2.14. The van der Waals surface area contributed by atoms with Crippen LogP contribution >= 0.6 is 0 Å². The minimum Gasteiger partial charge on any atom is -0.491 e. The van der Waals surface area contributed by atoms with Gasteiger partial charge in [-0.05, 0) is 25.0 Å². The van der Waals surface area contributed by atoms with Gasteiger partial charge in [0.15, 0.2) is 0 Å². The molecule has 1 unspecified atom stereocenters. The Kier molecular flexibility index (Phi) is 4.68. The van der Waals surface area contributed by atoms with Gasteiger partial charge in [0.05, 0.1) is 18.9 Å². The van der Waals surface area contributed by atoms with Crippen molar-refractivity contribution in [2.75, 3.05) is 31.7 Å². The van der Waals surface area contributed by atoms with E-state index in [1.54, 1.807) is 0 Å². The number of nitrogens with one attached hydrogen (secondary N) is 1. The Labute approximate surface area is 103 Å². The smallest absolute Gasteiger partial charge is 0.142 e. The fraction of sp³-hybridized carbons (Fsp3) is 0.571. The maximum absolute atomic E-state index is 5.71. The van der Waals surface area contributed by atoms with Crippen LogP contribution in [0.2, 0.25) is 0 Å². The number of ether oxygens (including phenoxy) is 2. The van der Waals surface area contributed by atoms with E-state index in [-0.39, 0.29) is 0 Å². The Hall–Kier alpha value is -1.22. The molecule has 1 N–H and O–H groups in total. The van der Waals surface area contributed by atoms with Crippen LogP contribution in [0.1, 0.15) is 19.8 Å². The van der Waals surface area contributed by atoms with Crippen LogP contribution in [0.25, 0.3) is 0 Å². The van der Waals surface area contributed by atoms with Crippen LogP contribution in [0.15, 0.2) is 24.3 Å². The van der Waals surface area contributed by atoms with Crippen molar-refractivity contribution in [3.8, 4) is 5.75 Å². The third-order valence-corrected chi connectivity index (χ3v) is 2.95. The van der Waals surface area contributed by atoms with Gasteiger partial charge in [-0.15, -0.1) is 0 Å². The van der Waals surface area contributed by atoms with Gasteiger partial charge in [-0.2, -0.15) is 0 Å². The molecule has 1 fully saturated rings. The van der Waals surface area contributed by atoms with Gasteiger partial charge in [-0.1, -0.05) is 19.1 Å². The Bertz CT molecular complexity index is 335. The molecule has 1 aromatic carbocycles. The second kappa shape index (κ2) is 6.50. The van der Waals surface area contributed by atoms with Gasteiger partial charge < -0.3 is 14.8 Å². The van der Waals surface area contributed by atoms with Crippen LogP contribution in [0.4, 0.5) is 5.69 Å². The summed E-state index contributed by atoms with van der Waals surface area (Å²) in [4.78, 5) is 0. The predicted octanol–water partition coefficient (Wildman–Crippen LogP) is 2.92. The molecule has 0 radical (unpaired) electrons. The summed E-state index contributed by atoms with van der Waals surface area (Å²) >= 11 is 0. The van der Waals surface area contributed by atoms with Crippen LogP contribution in [0, 0.1) is 5.92 Å². The summed E-state index contributed by atoms with van der Waals surface area (Å²) in [5.74, 6) is 1.59. The number of rotatable bonds is 6. The van der Waals surface area contributed by atoms with Gasteiger partial charge in [-0.25, -0.2) is 0 Å². The lowest BCUT2D eigenvalue weighted by atomic mass is 10.1. The molecule has 0 amide bonds. The highest BCUT2D eigenvalue weighted by molar-refractivity contribution is 5.56. The molecule has 0 bridgehead atoms. The van der Waals surface area contributed by atoms with Gasteiger partial charge in [0.1, 0.15) is 5.75 Å². The third-order valence-electron chi connectivity index (χ3n) is 2.95. The minimum atomic E-state index is 0.634. The molecule has 1 aliphatic heterocycles. The number of anilines is 1. The summed E-state index contributed by atoms with van der Waals surface area (Å²) < 4.78 is 11.1. The van der Waals surface area contributed by atoms with E-state index in [0.29, 0.717) is 5.92 Å². The van der Waals surface area contributed by atoms with E-state index in [4.69, 9.17) is 9.47 Å². The first-order valence-electron chi connectivity index (χ1n) is 6.43. The molecule has 3 heteroatoms. The molecule has 1 saturated heterocycles. The fourth-order valence-electron chi connectivity index (χ4n) is 1.95. The summed E-state index contributed by atoms with van der Waals surface area (Å²) in [5.41, 5.74) is 1.09. The monoisotopic (exact) mass is 235 g/mol. The van der Waals surface area contributed by atoms with Gasteiger partial charge in [0, 0.05) is 19.1 Å². The highest BCUT2D eigenvalue weighted by Crippen LogP contribution is 2.24. The van der Waals surface area contributed by atoms with Crippen molar-refractivity contribution in [3.63, 3.8) is 0 Å². The summed E-state index contributed by atoms with van der Waals surface area (Å²) in [7, 11) is 0. The Balaban J connectivity index is 1.89. The highest BCUT2D eigenvalue weighted by Gasteiger charge is 2.15. The zero-order chi connectivity index (χ0) is 11.9. The molecule has 0 spiro atoms. The first kappa shape index (κ1) is 12.2. The second-order valence-electron chi connectivity index (χ2n) is 4.46. The first-order valence-corrected chi connectivity index (χ1v) is 6.43. The Morgan fingerprint density at radius 1 is 1.41 bits per heavy atom. The topological polar surface area (TPSA) is 30.5 Å². The van der Waals surface area contributed by atoms with Crippen molar-refractivity contribution in [2.45, 2.75) is 19.8 Å². The average molecular weight is 235 g/mol. The minimum absolute atomic E-state index is 0.634. The summed E-state index contributed by atoms with van der Waals surface area (Å²) in [6, 6.07) is 8.13. The predicted molar refractivity (Wildman–Crippen MR) is 69.6 cm³/mol. The van der Waals surface area contributed by atoms with Gasteiger partial charge in [0.25, 0.3) is 0 Å². The standard InChI is InChI=1S/C14H21NO2/c1-2-8-17-14-6-4-3-5-13(14)15-10-12-7-9-16-11-12/h3-6,12,15H,2,7-11H2,1H3. The number of hydrogen-bond donors (Lipinski definition) is 1. The molecule has 1 atom stereocenters. The highest BCUT2D eigenvalue weighted by atomic mass is 16.5. The van der Waals surface area contributed by atoms with Gasteiger partial charge in [0.2, 0.25) is 0 Å². The molecular formula is C14H21NO2. The number of benzene rings is 1. The maximum atomic E-state index is 5.71. The molecule has 1 aliphatic rings. The van der Waals surface area contributed by atoms with E-state index < -0.39 is 0 Å². The summed E-state index contributed by atoms with van der Waals surface area (Å²) in [6.07, 6.45) is 2.19. The normalized spacial score (nSPS) is 19.2. The maximum Gasteiger partial charge on any atom is 0.142 e. The molecule has 0 saturated carbocycles. The van der Waals surface area contributed by atoms with Crippen LogP contribution in [-0.4, -0.2) is 26.4 Å². The van der Waals surface area contributed by atoms with Crippen molar-refractivity contribution in [1.29, 1.82) is 0 Å². The fourth-order valence-corrected chi connectivity index (χ4v) is 1.95. The number of para-hydroxylation sites is 2. The molecule has 2 rings (SSSR count). The van der Waals surface area contributed by atoms with Crippen molar-refractivity contribution in [2.24, 2.45) is 5.92 Å². The van der Waals surface area contributed by atoms with Crippen LogP contribution in [-0.2, 0) is 4.74 Å². The van der Waals surface area contributed by atoms with Crippen molar-refractivity contribution < 1.29 is 9.47 Å². The molecule has 1 heterocycles. The lowest BCUT2D eigenvalue weighted by molar-refractivity contribution is 0.187. The van der Waals surface area contributed by atoms with Crippen LogP contribution < -0.4 is 10.1 Å². The van der Waals surface area contributed by atoms with E-state index in [2.05, 4.69) is 18.3 Å². The SMILES string of the molecule is CCCOc1ccccc1NCC1CCOC1. The largest absolute Gasteiger partial charge is 0.491 e. The Morgan fingerprint density at radius 3 is 3.06 bits per heavy atom. The number of hydrogen-bond acceptors (Lipinski definition) is 3. The first-order chi connectivity index (χ1) is 8.40. The third kappa shape index (κ3) is 3.63. The quantitative estimate of drug-likeness (QED) is 0.822. The molecular weight excluding hydrogens is 214 g/mol. The molecule has 94 valence electrons. The van der Waals surface area contributed by atoms with E-state index in [9.17, 15) is 0 Å². The molecule has 0 aromatic heterocycles. The molecule has 1 aromatic rings. The van der Waals surface area contributed by atoms with Crippen LogP contribution in [0.3, 0.4) is 0 Å². The van der Waals surface area contributed by atoms with E-state index in [1.165, 1.54) is 0 Å². The molecule has 0 aliphatic carbocycles. The zero-order valence-corrected chi connectivity index (χ0v) is 10.4.